The van der Waals surface area contributed by atoms with Crippen molar-refractivity contribution in [3.05, 3.63) is 0 Å². The minimum Gasteiger partial charge on any atom is -1.00 e. The van der Waals surface area contributed by atoms with Crippen molar-refractivity contribution < 1.29 is 52.8 Å². The topological polar surface area (TPSA) is 12.0 Å². The molecule has 0 saturated carbocycles. The smallest absolute Gasteiger partial charge is 1.00 e. The molecule has 0 bridgehead atoms. The molecule has 0 atom stereocenters. The first-order valence-electron chi connectivity index (χ1n) is 1.00. The largest absolute Gasteiger partial charge is 1.00 e. The van der Waals surface area contributed by atoms with Gasteiger partial charge in [0, 0.05) is 0 Å². The molecule has 0 aromatic rings. The van der Waals surface area contributed by atoms with Gasteiger partial charge in [0.25, 0.3) is 0 Å². The maximum absolute atomic E-state index is 2.89. The number of nitrogens with one attached hydrogen (secondary N) is 1. The molecule has 3 heteroatoms. The molecule has 0 aromatic heterocycles. The molecule has 0 saturated heterocycles. The Labute approximate surface area is 73.9 Å². The molecule has 0 unspecified atom stereocenters. The van der Waals surface area contributed by atoms with Crippen LogP contribution in [0.5, 0.6) is 0 Å². The minimum absolute atomic E-state index is 0. The summed E-state index contributed by atoms with van der Waals surface area (Å²) in [5.41, 5.74) is 0. The SMILES string of the molecule is CN[SiH3].[H-].[K+]. The molecule has 0 aliphatic heterocycles. The summed E-state index contributed by atoms with van der Waals surface area (Å²) in [6.45, 7) is 0. The zero-order chi connectivity index (χ0) is 2.71. The van der Waals surface area contributed by atoms with Crippen LogP contribution < -0.4 is 56.4 Å². The van der Waals surface area contributed by atoms with E-state index in [1.165, 1.54) is 0 Å². The first kappa shape index (κ1) is 9.26. The van der Waals surface area contributed by atoms with E-state index in [-0.39, 0.29) is 52.8 Å². The molecule has 0 spiro atoms. The normalized spacial score (nSPS) is 5.25. The van der Waals surface area contributed by atoms with Gasteiger partial charge in [0.05, 0.1) is 10.4 Å². The van der Waals surface area contributed by atoms with E-state index < -0.39 is 0 Å². The van der Waals surface area contributed by atoms with Crippen LogP contribution in [0, 0.1) is 0 Å². The number of rotatable bonds is 0. The fraction of sp³-hybridized carbons (Fsp3) is 1.00. The van der Waals surface area contributed by atoms with Gasteiger partial charge >= 0.3 is 51.4 Å². The summed E-state index contributed by atoms with van der Waals surface area (Å²) in [4.78, 5) is 2.89. The number of hydrogen-bond donors (Lipinski definition) is 1. The second-order valence-corrected chi connectivity index (χ2v) is 1.50. The number of hydrogen-bond acceptors (Lipinski definition) is 1. The van der Waals surface area contributed by atoms with E-state index >= 15 is 0 Å². The Morgan fingerprint density at radius 3 is 2.00 bits per heavy atom. The van der Waals surface area contributed by atoms with Crippen molar-refractivity contribution in [2.24, 2.45) is 0 Å². The van der Waals surface area contributed by atoms with E-state index in [9.17, 15) is 0 Å². The van der Waals surface area contributed by atoms with Crippen molar-refractivity contribution >= 4 is 10.4 Å². The zero-order valence-electron chi connectivity index (χ0n) is 4.50. The third kappa shape index (κ3) is 9.18. The van der Waals surface area contributed by atoms with E-state index in [1.807, 2.05) is 7.05 Å². The van der Waals surface area contributed by atoms with Gasteiger partial charge in [-0.3, -0.25) is 0 Å². The van der Waals surface area contributed by atoms with Crippen molar-refractivity contribution in [3.63, 3.8) is 0 Å². The van der Waals surface area contributed by atoms with Crippen molar-refractivity contribution in [1.82, 2.24) is 4.98 Å². The molecule has 1 nitrogen and oxygen atoms in total. The van der Waals surface area contributed by atoms with Crippen LogP contribution in [-0.2, 0) is 0 Å². The third-order valence-corrected chi connectivity index (χ3v) is 0. The van der Waals surface area contributed by atoms with Crippen LogP contribution in [0.2, 0.25) is 0 Å². The molecule has 0 aliphatic carbocycles. The van der Waals surface area contributed by atoms with Crippen LogP contribution in [0.1, 0.15) is 1.43 Å². The average molecular weight is 101 g/mol. The first-order valence-corrected chi connectivity index (χ1v) is 2.00. The van der Waals surface area contributed by atoms with Crippen LogP contribution in [0.3, 0.4) is 0 Å². The average Bonchev–Trinajstić information content (AvgIpc) is 0.918. The molecule has 0 amide bonds. The quantitative estimate of drug-likeness (QED) is 0.304. The standard InChI is InChI=1S/CH7NSi.K.H/c1-2-3;;/h2H,1,3H3;;/q;+1;-1. The van der Waals surface area contributed by atoms with Crippen LogP contribution >= 0.6 is 0 Å². The van der Waals surface area contributed by atoms with Gasteiger partial charge in [0.1, 0.15) is 0 Å². The third-order valence-electron chi connectivity index (χ3n) is 0. The van der Waals surface area contributed by atoms with E-state index in [0.29, 0.717) is 0 Å². The van der Waals surface area contributed by atoms with Gasteiger partial charge in [-0.2, -0.15) is 0 Å². The second kappa shape index (κ2) is 8.84. The molecule has 0 radical (unpaired) electrons. The van der Waals surface area contributed by atoms with Crippen molar-refractivity contribution in [2.75, 3.05) is 7.05 Å². The summed E-state index contributed by atoms with van der Waals surface area (Å²) in [7, 11) is 3.06. The molecule has 22 valence electrons. The fourth-order valence-electron chi connectivity index (χ4n) is 0. The van der Waals surface area contributed by atoms with Gasteiger partial charge in [0.15, 0.2) is 0 Å². The molecule has 0 fully saturated rings. The van der Waals surface area contributed by atoms with Crippen LogP contribution in [0.15, 0.2) is 0 Å². The monoisotopic (exact) mass is 101 g/mol. The Hall–Kier alpha value is 1.81. The molecular weight excluding hydrogens is 93.2 g/mol. The Morgan fingerprint density at radius 1 is 2.00 bits per heavy atom. The summed E-state index contributed by atoms with van der Waals surface area (Å²) in [5.74, 6) is 0. The Bertz CT molecular complexity index is 11.6. The van der Waals surface area contributed by atoms with Crippen molar-refractivity contribution in [1.29, 1.82) is 0 Å². The van der Waals surface area contributed by atoms with E-state index in [1.54, 1.807) is 0 Å². The van der Waals surface area contributed by atoms with Gasteiger partial charge in [0.2, 0.25) is 0 Å². The second-order valence-electron chi connectivity index (χ2n) is 0.500. The van der Waals surface area contributed by atoms with Gasteiger partial charge in [-0.1, -0.05) is 0 Å². The van der Waals surface area contributed by atoms with Crippen LogP contribution in [-0.4, -0.2) is 17.5 Å². The molecule has 0 heterocycles. The summed E-state index contributed by atoms with van der Waals surface area (Å²) in [6, 6.07) is 0. The maximum Gasteiger partial charge on any atom is 1.00 e. The molecule has 0 aliphatic rings. The molecule has 1 N–H and O–H groups in total. The minimum atomic E-state index is 0. The van der Waals surface area contributed by atoms with Gasteiger partial charge < -0.3 is 6.41 Å². The van der Waals surface area contributed by atoms with Crippen molar-refractivity contribution in [3.8, 4) is 0 Å². The van der Waals surface area contributed by atoms with E-state index in [2.05, 4.69) is 4.98 Å². The van der Waals surface area contributed by atoms with E-state index in [4.69, 9.17) is 0 Å². The maximum atomic E-state index is 2.89. The fourth-order valence-corrected chi connectivity index (χ4v) is 0. The predicted molar refractivity (Wildman–Crippen MR) is 20.1 cm³/mol. The Balaban J connectivity index is -0.0000000200. The summed E-state index contributed by atoms with van der Waals surface area (Å²) in [6.07, 6.45) is 0. The first-order chi connectivity index (χ1) is 1.41. The van der Waals surface area contributed by atoms with E-state index in [0.717, 1.165) is 10.4 Å². The van der Waals surface area contributed by atoms with Crippen LogP contribution in [0.4, 0.5) is 0 Å². The van der Waals surface area contributed by atoms with Gasteiger partial charge in [-0.25, -0.2) is 0 Å². The van der Waals surface area contributed by atoms with Crippen molar-refractivity contribution in [2.45, 2.75) is 0 Å². The summed E-state index contributed by atoms with van der Waals surface area (Å²) < 4.78 is 0. The summed E-state index contributed by atoms with van der Waals surface area (Å²) in [5, 5.41) is 0. The molecule has 0 aromatic carbocycles. The zero-order valence-corrected chi connectivity index (χ0v) is 8.62. The van der Waals surface area contributed by atoms with Gasteiger partial charge in [-0.15, -0.1) is 0 Å². The molecule has 4 heavy (non-hydrogen) atoms. The molecule has 0 rings (SSSR count). The summed E-state index contributed by atoms with van der Waals surface area (Å²) >= 11 is 0. The predicted octanol–water partition coefficient (Wildman–Crippen LogP) is -4.40. The molecular formula is CH8KNSi. The Morgan fingerprint density at radius 2 is 2.00 bits per heavy atom. The van der Waals surface area contributed by atoms with Crippen LogP contribution in [0.25, 0.3) is 0 Å². The van der Waals surface area contributed by atoms with Gasteiger partial charge in [-0.05, 0) is 7.05 Å². The Kier molecular flexibility index (Phi) is 20.5.